The smallest absolute Gasteiger partial charge is 0.274 e. The summed E-state index contributed by atoms with van der Waals surface area (Å²) in [7, 11) is -3.56. The van der Waals surface area contributed by atoms with Gasteiger partial charge in [-0.15, -0.1) is 0 Å². The molecule has 1 heterocycles. The summed E-state index contributed by atoms with van der Waals surface area (Å²) in [6.45, 7) is 2.03. The van der Waals surface area contributed by atoms with Crippen LogP contribution in [0.25, 0.3) is 0 Å². The van der Waals surface area contributed by atoms with Gasteiger partial charge in [-0.05, 0) is 37.5 Å². The fraction of sp³-hybridized carbons (Fsp3) is 0.600. The normalized spacial score (nSPS) is 13.8. The second-order valence-corrected chi connectivity index (χ2v) is 6.36. The number of hydrogen-bond donors (Lipinski definition) is 2. The average Bonchev–Trinajstić information content (AvgIpc) is 2.75. The minimum atomic E-state index is -3.56. The molecule has 1 unspecified atom stereocenters. The molecule has 17 heavy (non-hydrogen) atoms. The summed E-state index contributed by atoms with van der Waals surface area (Å²) in [5.74, 6) is 1.37. The number of furan rings is 1. The minimum absolute atomic E-state index is 0.0750. The van der Waals surface area contributed by atoms with E-state index < -0.39 is 10.0 Å². The maximum atomic E-state index is 11.9. The van der Waals surface area contributed by atoms with Crippen molar-refractivity contribution in [2.75, 3.05) is 12.0 Å². The zero-order chi connectivity index (χ0) is 12.9. The van der Waals surface area contributed by atoms with Crippen molar-refractivity contribution in [3.8, 4) is 0 Å². The monoisotopic (exact) mass is 278 g/mol. The predicted molar refractivity (Wildman–Crippen MR) is 69.4 cm³/mol. The number of thioether (sulfide) groups is 1. The van der Waals surface area contributed by atoms with Gasteiger partial charge < -0.3 is 10.2 Å². The topological polar surface area (TPSA) is 85.3 Å². The summed E-state index contributed by atoms with van der Waals surface area (Å²) in [4.78, 5) is 0. The van der Waals surface area contributed by atoms with Gasteiger partial charge in [-0.1, -0.05) is 0 Å². The van der Waals surface area contributed by atoms with Crippen molar-refractivity contribution in [1.82, 2.24) is 4.72 Å². The quantitative estimate of drug-likeness (QED) is 0.781. The average molecular weight is 278 g/mol. The summed E-state index contributed by atoms with van der Waals surface area (Å²) in [6, 6.07) is 2.88. The number of sulfonamides is 1. The SMILES string of the molecule is CSCCC(C)NS(=O)(=O)c1ccc(CN)o1. The van der Waals surface area contributed by atoms with Gasteiger partial charge >= 0.3 is 0 Å². The highest BCUT2D eigenvalue weighted by Crippen LogP contribution is 2.14. The molecule has 1 atom stereocenters. The Labute approximate surface area is 106 Å². The molecule has 98 valence electrons. The predicted octanol–water partition coefficient (Wildman–Crippen LogP) is 1.16. The lowest BCUT2D eigenvalue weighted by atomic mass is 10.3. The molecule has 0 radical (unpaired) electrons. The van der Waals surface area contributed by atoms with Gasteiger partial charge in [0.1, 0.15) is 5.76 Å². The molecule has 1 rings (SSSR count). The first-order valence-electron chi connectivity index (χ1n) is 5.29. The molecule has 0 aliphatic carbocycles. The lowest BCUT2D eigenvalue weighted by Gasteiger charge is -2.11. The van der Waals surface area contributed by atoms with Crippen LogP contribution in [-0.2, 0) is 16.6 Å². The van der Waals surface area contributed by atoms with Gasteiger partial charge in [-0.25, -0.2) is 13.1 Å². The molecule has 0 aliphatic heterocycles. The van der Waals surface area contributed by atoms with Gasteiger partial charge in [-0.2, -0.15) is 11.8 Å². The highest BCUT2D eigenvalue weighted by molar-refractivity contribution is 7.98. The van der Waals surface area contributed by atoms with Crippen LogP contribution >= 0.6 is 11.8 Å². The van der Waals surface area contributed by atoms with Crippen LogP contribution in [0.2, 0.25) is 0 Å². The van der Waals surface area contributed by atoms with Crippen molar-refractivity contribution in [2.24, 2.45) is 5.73 Å². The van der Waals surface area contributed by atoms with Gasteiger partial charge in [0.15, 0.2) is 0 Å². The van der Waals surface area contributed by atoms with Crippen LogP contribution in [-0.4, -0.2) is 26.5 Å². The van der Waals surface area contributed by atoms with E-state index in [1.54, 1.807) is 17.8 Å². The van der Waals surface area contributed by atoms with E-state index >= 15 is 0 Å². The second kappa shape index (κ2) is 6.44. The molecule has 0 saturated heterocycles. The molecule has 3 N–H and O–H groups in total. The van der Waals surface area contributed by atoms with Crippen molar-refractivity contribution in [2.45, 2.75) is 31.0 Å². The first-order chi connectivity index (χ1) is 7.99. The molecule has 1 aromatic heterocycles. The van der Waals surface area contributed by atoms with E-state index in [2.05, 4.69) is 4.72 Å². The molecule has 0 bridgehead atoms. The Morgan fingerprint density at radius 3 is 2.76 bits per heavy atom. The fourth-order valence-corrected chi connectivity index (χ4v) is 3.11. The number of hydrogen-bond acceptors (Lipinski definition) is 5. The molecular formula is C10H18N2O3S2. The first kappa shape index (κ1) is 14.6. The van der Waals surface area contributed by atoms with E-state index in [0.717, 1.165) is 12.2 Å². The van der Waals surface area contributed by atoms with Gasteiger partial charge in [-0.3, -0.25) is 0 Å². The van der Waals surface area contributed by atoms with Crippen molar-refractivity contribution in [3.63, 3.8) is 0 Å². The van der Waals surface area contributed by atoms with Gasteiger partial charge in [0, 0.05) is 6.04 Å². The summed E-state index contributed by atoms with van der Waals surface area (Å²) in [5, 5.41) is -0.0750. The van der Waals surface area contributed by atoms with Crippen LogP contribution in [0.15, 0.2) is 21.6 Å². The van der Waals surface area contributed by atoms with Gasteiger partial charge in [0.2, 0.25) is 5.09 Å². The van der Waals surface area contributed by atoms with Crippen molar-refractivity contribution >= 4 is 21.8 Å². The fourth-order valence-electron chi connectivity index (χ4n) is 1.29. The van der Waals surface area contributed by atoms with E-state index in [4.69, 9.17) is 10.2 Å². The standard InChI is InChI=1S/C10H18N2O3S2/c1-8(5-6-16-2)12-17(13,14)10-4-3-9(7-11)15-10/h3-4,8,12H,5-7,11H2,1-2H3. The molecule has 0 spiro atoms. The minimum Gasteiger partial charge on any atom is -0.447 e. The summed E-state index contributed by atoms with van der Waals surface area (Å²) >= 11 is 1.68. The van der Waals surface area contributed by atoms with E-state index in [1.807, 2.05) is 13.2 Å². The number of rotatable bonds is 7. The van der Waals surface area contributed by atoms with Crippen molar-refractivity contribution in [1.29, 1.82) is 0 Å². The van der Waals surface area contributed by atoms with Crippen molar-refractivity contribution in [3.05, 3.63) is 17.9 Å². The molecule has 0 fully saturated rings. The van der Waals surface area contributed by atoms with Gasteiger partial charge in [0.25, 0.3) is 10.0 Å². The Hall–Kier alpha value is -0.500. The maximum Gasteiger partial charge on any atom is 0.274 e. The van der Waals surface area contributed by atoms with Gasteiger partial charge in [0.05, 0.1) is 6.54 Å². The van der Waals surface area contributed by atoms with E-state index in [1.165, 1.54) is 6.07 Å². The lowest BCUT2D eigenvalue weighted by molar-refractivity contribution is 0.410. The van der Waals surface area contributed by atoms with Crippen LogP contribution < -0.4 is 10.5 Å². The zero-order valence-corrected chi connectivity index (χ0v) is 11.6. The zero-order valence-electron chi connectivity index (χ0n) is 9.97. The van der Waals surface area contributed by atoms with Crippen molar-refractivity contribution < 1.29 is 12.8 Å². The van der Waals surface area contributed by atoms with Crippen LogP contribution in [0.4, 0.5) is 0 Å². The Morgan fingerprint density at radius 2 is 2.24 bits per heavy atom. The highest BCUT2D eigenvalue weighted by atomic mass is 32.2. The molecule has 5 nitrogen and oxygen atoms in total. The molecule has 7 heteroatoms. The third kappa shape index (κ3) is 4.34. The van der Waals surface area contributed by atoms with Crippen LogP contribution in [0.3, 0.4) is 0 Å². The third-order valence-electron chi connectivity index (χ3n) is 2.21. The Kier molecular flexibility index (Phi) is 5.51. The Bertz CT molecular complexity index is 442. The summed E-state index contributed by atoms with van der Waals surface area (Å²) in [5.41, 5.74) is 5.36. The molecule has 0 aromatic carbocycles. The summed E-state index contributed by atoms with van der Waals surface area (Å²) < 4.78 is 31.5. The molecule has 0 saturated carbocycles. The maximum absolute atomic E-state index is 11.9. The number of nitrogens with two attached hydrogens (primary N) is 1. The van der Waals surface area contributed by atoms with Crippen LogP contribution in [0.1, 0.15) is 19.1 Å². The number of nitrogens with one attached hydrogen (secondary N) is 1. The lowest BCUT2D eigenvalue weighted by Crippen LogP contribution is -2.32. The van der Waals surface area contributed by atoms with E-state index in [9.17, 15) is 8.42 Å². The third-order valence-corrected chi connectivity index (χ3v) is 4.32. The second-order valence-electron chi connectivity index (χ2n) is 3.73. The van der Waals surface area contributed by atoms with E-state index in [0.29, 0.717) is 5.76 Å². The Morgan fingerprint density at radius 1 is 1.53 bits per heavy atom. The molecule has 0 aliphatic rings. The van der Waals surface area contributed by atoms with Crippen LogP contribution in [0, 0.1) is 0 Å². The summed E-state index contributed by atoms with van der Waals surface area (Å²) in [6.07, 6.45) is 2.77. The molecule has 0 amide bonds. The highest BCUT2D eigenvalue weighted by Gasteiger charge is 2.20. The first-order valence-corrected chi connectivity index (χ1v) is 8.17. The van der Waals surface area contributed by atoms with Crippen LogP contribution in [0.5, 0.6) is 0 Å². The molecular weight excluding hydrogens is 260 g/mol. The van der Waals surface area contributed by atoms with E-state index in [-0.39, 0.29) is 17.7 Å². The largest absolute Gasteiger partial charge is 0.447 e. The molecule has 1 aromatic rings. The Balaban J connectivity index is 2.68.